The Labute approximate surface area is 152 Å². The fourth-order valence-corrected chi connectivity index (χ4v) is 3.25. The molecule has 2 atom stereocenters. The van der Waals surface area contributed by atoms with E-state index in [4.69, 9.17) is 4.74 Å². The van der Waals surface area contributed by atoms with Gasteiger partial charge in [-0.3, -0.25) is 0 Å². The summed E-state index contributed by atoms with van der Waals surface area (Å²) in [6.45, 7) is 0.946. The summed E-state index contributed by atoms with van der Waals surface area (Å²) in [4.78, 5) is 24.9. The Morgan fingerprint density at radius 1 is 1.08 bits per heavy atom. The first kappa shape index (κ1) is 17.8. The lowest BCUT2D eigenvalue weighted by molar-refractivity contribution is 0.110. The summed E-state index contributed by atoms with van der Waals surface area (Å²) >= 11 is 0. The first-order valence-electron chi connectivity index (χ1n) is 8.63. The van der Waals surface area contributed by atoms with Gasteiger partial charge in [0.25, 0.3) is 0 Å². The number of nitrogens with zero attached hydrogens (tertiary/aromatic N) is 1. The van der Waals surface area contributed by atoms with E-state index in [1.54, 1.807) is 0 Å². The van der Waals surface area contributed by atoms with Crippen molar-refractivity contribution in [1.29, 1.82) is 0 Å². The fourth-order valence-electron chi connectivity index (χ4n) is 3.25. The summed E-state index contributed by atoms with van der Waals surface area (Å²) in [5.74, 6) is -0.106. The van der Waals surface area contributed by atoms with Gasteiger partial charge < -0.3 is 20.1 Å². The summed E-state index contributed by atoms with van der Waals surface area (Å²) in [7, 11) is 0. The molecule has 6 heteroatoms. The molecule has 0 aliphatic carbocycles. The van der Waals surface area contributed by atoms with Gasteiger partial charge in [-0.05, 0) is 17.5 Å². The molecule has 0 radical (unpaired) electrons. The second-order valence-electron chi connectivity index (χ2n) is 6.35. The molecule has 2 N–H and O–H groups in total. The molecule has 1 fully saturated rings. The molecule has 0 saturated carbocycles. The van der Waals surface area contributed by atoms with E-state index in [9.17, 15) is 14.7 Å². The van der Waals surface area contributed by atoms with Crippen LogP contribution in [0.5, 0.6) is 0 Å². The lowest BCUT2D eigenvalue weighted by Crippen LogP contribution is -2.51. The van der Waals surface area contributed by atoms with E-state index in [2.05, 4.69) is 5.32 Å². The predicted molar refractivity (Wildman–Crippen MR) is 96.9 cm³/mol. The number of alkyl carbamates (subject to hydrolysis) is 1. The van der Waals surface area contributed by atoms with Crippen LogP contribution in [0, 0.1) is 0 Å². The molecule has 1 heterocycles. The highest BCUT2D eigenvalue weighted by Gasteiger charge is 2.33. The van der Waals surface area contributed by atoms with Crippen molar-refractivity contribution >= 4 is 12.2 Å². The van der Waals surface area contributed by atoms with Gasteiger partial charge in [-0.25, -0.2) is 9.59 Å². The van der Waals surface area contributed by atoms with Gasteiger partial charge in [0.15, 0.2) is 0 Å². The molecule has 0 unspecified atom stereocenters. The second-order valence-corrected chi connectivity index (χ2v) is 6.35. The Morgan fingerprint density at radius 2 is 1.73 bits per heavy atom. The lowest BCUT2D eigenvalue weighted by atomic mass is 9.86. The third-order valence-corrected chi connectivity index (χ3v) is 4.63. The number of ether oxygens (including phenoxy) is 1. The molecule has 2 amide bonds. The fraction of sp³-hybridized carbons (Fsp3) is 0.300. The summed E-state index contributed by atoms with van der Waals surface area (Å²) in [6, 6.07) is 19.0. The first-order valence-corrected chi connectivity index (χ1v) is 8.63. The lowest BCUT2D eigenvalue weighted by Gasteiger charge is -2.37. The van der Waals surface area contributed by atoms with Crippen molar-refractivity contribution in [3.63, 3.8) is 0 Å². The van der Waals surface area contributed by atoms with Gasteiger partial charge in [0, 0.05) is 25.0 Å². The number of amides is 2. The van der Waals surface area contributed by atoms with Crippen molar-refractivity contribution < 1.29 is 19.4 Å². The highest BCUT2D eigenvalue weighted by atomic mass is 16.5. The smallest absolute Gasteiger partial charge is 0.407 e. The molecule has 136 valence electrons. The van der Waals surface area contributed by atoms with Crippen molar-refractivity contribution in [3.05, 3.63) is 71.8 Å². The van der Waals surface area contributed by atoms with Crippen LogP contribution < -0.4 is 5.32 Å². The number of piperidine rings is 1. The quantitative estimate of drug-likeness (QED) is 0.881. The van der Waals surface area contributed by atoms with Crippen LogP contribution in [-0.2, 0) is 11.3 Å². The summed E-state index contributed by atoms with van der Waals surface area (Å²) in [5, 5.41) is 12.2. The van der Waals surface area contributed by atoms with Crippen molar-refractivity contribution in [2.24, 2.45) is 0 Å². The molecule has 3 rings (SSSR count). The van der Waals surface area contributed by atoms with E-state index in [0.717, 1.165) is 11.1 Å². The summed E-state index contributed by atoms with van der Waals surface area (Å²) < 4.78 is 5.31. The highest BCUT2D eigenvalue weighted by molar-refractivity contribution is 5.68. The number of carboxylic acid groups (broad SMARTS) is 1. The Bertz CT molecular complexity index is 736. The molecular formula is C20H22N2O4. The Balaban J connectivity index is 1.64. The van der Waals surface area contributed by atoms with Crippen LogP contribution in [0.3, 0.4) is 0 Å². The predicted octanol–water partition coefficient (Wildman–Crippen LogP) is 3.45. The number of likely N-dealkylation sites (tertiary alicyclic amines) is 1. The third-order valence-electron chi connectivity index (χ3n) is 4.63. The monoisotopic (exact) mass is 354 g/mol. The molecule has 0 bridgehead atoms. The number of rotatable bonds is 4. The number of hydrogen-bond donors (Lipinski definition) is 2. The highest BCUT2D eigenvalue weighted by Crippen LogP contribution is 2.27. The molecule has 0 aromatic heterocycles. The Kier molecular flexibility index (Phi) is 5.73. The average Bonchev–Trinajstić information content (AvgIpc) is 2.68. The van der Waals surface area contributed by atoms with Crippen molar-refractivity contribution in [2.45, 2.75) is 25.0 Å². The molecule has 1 aliphatic rings. The normalized spacial score (nSPS) is 19.6. The number of benzene rings is 2. The zero-order valence-electron chi connectivity index (χ0n) is 14.4. The van der Waals surface area contributed by atoms with Crippen molar-refractivity contribution in [1.82, 2.24) is 10.2 Å². The largest absolute Gasteiger partial charge is 0.465 e. The van der Waals surface area contributed by atoms with Gasteiger partial charge in [0.1, 0.15) is 6.61 Å². The molecule has 0 spiro atoms. The molecule has 1 saturated heterocycles. The number of carbonyl (C=O) groups is 2. The van der Waals surface area contributed by atoms with Crippen LogP contribution in [0.15, 0.2) is 60.7 Å². The van der Waals surface area contributed by atoms with Gasteiger partial charge in [-0.1, -0.05) is 60.7 Å². The second kappa shape index (κ2) is 8.38. The van der Waals surface area contributed by atoms with Crippen LogP contribution in [0.4, 0.5) is 9.59 Å². The molecule has 26 heavy (non-hydrogen) atoms. The van der Waals surface area contributed by atoms with Gasteiger partial charge in [-0.15, -0.1) is 0 Å². The first-order chi connectivity index (χ1) is 12.6. The molecule has 1 aliphatic heterocycles. The Morgan fingerprint density at radius 3 is 2.38 bits per heavy atom. The summed E-state index contributed by atoms with van der Waals surface area (Å²) in [5.41, 5.74) is 1.93. The maximum absolute atomic E-state index is 12.2. The third kappa shape index (κ3) is 4.53. The van der Waals surface area contributed by atoms with E-state index in [1.165, 1.54) is 4.90 Å². The van der Waals surface area contributed by atoms with Gasteiger partial charge in [0.05, 0.1) is 0 Å². The zero-order chi connectivity index (χ0) is 18.4. The van der Waals surface area contributed by atoms with Crippen LogP contribution in [-0.4, -0.2) is 41.3 Å². The molecule has 6 nitrogen and oxygen atoms in total. The van der Waals surface area contributed by atoms with E-state index in [0.29, 0.717) is 19.5 Å². The number of nitrogens with one attached hydrogen (secondary N) is 1. The Hall–Kier alpha value is -3.02. The molecule has 2 aromatic rings. The van der Waals surface area contributed by atoms with Gasteiger partial charge >= 0.3 is 12.2 Å². The zero-order valence-corrected chi connectivity index (χ0v) is 14.4. The topological polar surface area (TPSA) is 78.9 Å². The van der Waals surface area contributed by atoms with E-state index in [-0.39, 0.29) is 18.6 Å². The van der Waals surface area contributed by atoms with Gasteiger partial charge in [-0.2, -0.15) is 0 Å². The van der Waals surface area contributed by atoms with Crippen molar-refractivity contribution in [3.8, 4) is 0 Å². The van der Waals surface area contributed by atoms with Crippen molar-refractivity contribution in [2.75, 3.05) is 13.1 Å². The summed E-state index contributed by atoms with van der Waals surface area (Å²) in [6.07, 6.45) is -0.869. The standard InChI is InChI=1S/C20H22N2O4/c23-19(26-14-15-7-3-1-4-8-15)21-18-11-12-22(20(24)25)13-17(18)16-9-5-2-6-10-16/h1-10,17-18H,11-14H2,(H,21,23)(H,24,25)/t17-,18+/m1/s1. The number of carbonyl (C=O) groups excluding carboxylic acids is 1. The molecular weight excluding hydrogens is 332 g/mol. The van der Waals surface area contributed by atoms with Crippen LogP contribution >= 0.6 is 0 Å². The van der Waals surface area contributed by atoms with E-state index in [1.807, 2.05) is 60.7 Å². The minimum atomic E-state index is -0.934. The van der Waals surface area contributed by atoms with Crippen LogP contribution in [0.2, 0.25) is 0 Å². The average molecular weight is 354 g/mol. The van der Waals surface area contributed by atoms with Gasteiger partial charge in [0.2, 0.25) is 0 Å². The van der Waals surface area contributed by atoms with E-state index >= 15 is 0 Å². The maximum Gasteiger partial charge on any atom is 0.407 e. The minimum absolute atomic E-state index is 0.106. The van der Waals surface area contributed by atoms with Crippen LogP contribution in [0.1, 0.15) is 23.5 Å². The van der Waals surface area contributed by atoms with E-state index < -0.39 is 12.2 Å². The molecule has 2 aromatic carbocycles. The SMILES string of the molecule is O=C(N[C@H]1CCN(C(=O)O)C[C@@H]1c1ccccc1)OCc1ccccc1. The van der Waals surface area contributed by atoms with Crippen LogP contribution in [0.25, 0.3) is 0 Å². The maximum atomic E-state index is 12.2. The minimum Gasteiger partial charge on any atom is -0.465 e. The number of hydrogen-bond acceptors (Lipinski definition) is 3.